The van der Waals surface area contributed by atoms with E-state index in [-0.39, 0.29) is 5.69 Å². The molecule has 1 aromatic heterocycles. The van der Waals surface area contributed by atoms with Gasteiger partial charge in [-0.25, -0.2) is 4.57 Å². The molecule has 2 aromatic rings. The third-order valence-corrected chi connectivity index (χ3v) is 2.45. The molecule has 0 aliphatic carbocycles. The lowest BCUT2D eigenvalue weighted by Gasteiger charge is -2.04. The minimum absolute atomic E-state index is 0.0634. The minimum atomic E-state index is -0.430. The van der Waals surface area contributed by atoms with Gasteiger partial charge in [-0.15, -0.1) is 0 Å². The third kappa shape index (κ3) is 3.04. The van der Waals surface area contributed by atoms with Gasteiger partial charge in [-0.2, -0.15) is 0 Å². The van der Waals surface area contributed by atoms with E-state index < -0.39 is 4.92 Å². The van der Waals surface area contributed by atoms with E-state index in [1.807, 2.05) is 36.1 Å². The Balaban J connectivity index is 2.00. The molecular weight excluding hydrogens is 232 g/mol. The molecule has 18 heavy (non-hydrogen) atoms. The van der Waals surface area contributed by atoms with Crippen molar-refractivity contribution in [1.82, 2.24) is 0 Å². The van der Waals surface area contributed by atoms with E-state index in [4.69, 9.17) is 4.74 Å². The van der Waals surface area contributed by atoms with E-state index in [9.17, 15) is 10.1 Å². The molecule has 0 aliphatic heterocycles. The highest BCUT2D eigenvalue weighted by atomic mass is 16.6. The largest absolute Gasteiger partial charge is 0.489 e. The van der Waals surface area contributed by atoms with E-state index in [1.165, 1.54) is 12.1 Å². The van der Waals surface area contributed by atoms with Crippen molar-refractivity contribution < 1.29 is 14.2 Å². The number of ether oxygens (including phenoxy) is 1. The first-order valence-corrected chi connectivity index (χ1v) is 5.46. The average Bonchev–Trinajstić information content (AvgIpc) is 2.37. The van der Waals surface area contributed by atoms with Crippen LogP contribution >= 0.6 is 0 Å². The number of pyridine rings is 1. The van der Waals surface area contributed by atoms with Crippen molar-refractivity contribution in [2.75, 3.05) is 0 Å². The number of nitro groups is 1. The second kappa shape index (κ2) is 5.27. The Morgan fingerprint density at radius 2 is 2.00 bits per heavy atom. The molecule has 0 spiro atoms. The molecule has 92 valence electrons. The molecule has 0 bridgehead atoms. The van der Waals surface area contributed by atoms with Gasteiger partial charge in [0.2, 0.25) is 0 Å². The summed E-state index contributed by atoms with van der Waals surface area (Å²) in [6.45, 7) is 0.437. The lowest BCUT2D eigenvalue weighted by Crippen LogP contribution is -2.27. The minimum Gasteiger partial charge on any atom is -0.489 e. The van der Waals surface area contributed by atoms with Crippen LogP contribution in [-0.4, -0.2) is 4.92 Å². The van der Waals surface area contributed by atoms with Crippen LogP contribution in [0, 0.1) is 10.1 Å². The molecule has 0 aliphatic rings. The van der Waals surface area contributed by atoms with E-state index in [2.05, 4.69) is 0 Å². The number of rotatable bonds is 4. The van der Waals surface area contributed by atoms with Crippen LogP contribution in [0.25, 0.3) is 0 Å². The van der Waals surface area contributed by atoms with Crippen molar-refractivity contribution in [1.29, 1.82) is 0 Å². The normalized spacial score (nSPS) is 10.1. The standard InChI is InChI=1S/C13H13N2O3/c1-14-8-2-3-11(9-14)10-18-13-6-4-12(5-7-13)15(16)17/h2-9H,10H2,1H3/q+1. The number of hydrogen-bond donors (Lipinski definition) is 0. The van der Waals surface area contributed by atoms with Crippen molar-refractivity contribution in [3.05, 3.63) is 64.5 Å². The van der Waals surface area contributed by atoms with Gasteiger partial charge in [0.05, 0.1) is 10.5 Å². The lowest BCUT2D eigenvalue weighted by molar-refractivity contribution is -0.672. The molecule has 0 fully saturated rings. The summed E-state index contributed by atoms with van der Waals surface area (Å²) in [4.78, 5) is 10.1. The van der Waals surface area contributed by atoms with E-state index in [0.717, 1.165) is 5.56 Å². The van der Waals surface area contributed by atoms with Gasteiger partial charge < -0.3 is 4.74 Å². The maximum Gasteiger partial charge on any atom is 0.269 e. The summed E-state index contributed by atoms with van der Waals surface area (Å²) in [5.41, 5.74) is 1.10. The fourth-order valence-corrected chi connectivity index (χ4v) is 1.57. The quantitative estimate of drug-likeness (QED) is 0.470. The summed E-state index contributed by atoms with van der Waals surface area (Å²) >= 11 is 0. The Morgan fingerprint density at radius 1 is 1.28 bits per heavy atom. The van der Waals surface area contributed by atoms with Crippen LogP contribution in [0.1, 0.15) is 5.56 Å². The molecule has 0 atom stereocenters. The van der Waals surface area contributed by atoms with Crippen LogP contribution < -0.4 is 9.30 Å². The van der Waals surface area contributed by atoms with Crippen LogP contribution in [-0.2, 0) is 13.7 Å². The zero-order chi connectivity index (χ0) is 13.0. The number of aryl methyl sites for hydroxylation is 1. The summed E-state index contributed by atoms with van der Waals surface area (Å²) < 4.78 is 7.48. The predicted molar refractivity (Wildman–Crippen MR) is 65.0 cm³/mol. The summed E-state index contributed by atoms with van der Waals surface area (Å²) in [5.74, 6) is 0.618. The van der Waals surface area contributed by atoms with Gasteiger partial charge >= 0.3 is 0 Å². The topological polar surface area (TPSA) is 56.2 Å². The first-order valence-electron chi connectivity index (χ1n) is 5.46. The molecule has 1 heterocycles. The molecule has 0 amide bonds. The highest BCUT2D eigenvalue weighted by molar-refractivity contribution is 5.36. The Morgan fingerprint density at radius 3 is 2.61 bits per heavy atom. The summed E-state index contributed by atoms with van der Waals surface area (Å²) in [6.07, 6.45) is 3.90. The fourth-order valence-electron chi connectivity index (χ4n) is 1.57. The number of hydrogen-bond acceptors (Lipinski definition) is 3. The van der Waals surface area contributed by atoms with Crippen molar-refractivity contribution >= 4 is 5.69 Å². The first-order chi connectivity index (χ1) is 8.65. The summed E-state index contributed by atoms with van der Waals surface area (Å²) in [6, 6.07) is 9.96. The lowest BCUT2D eigenvalue weighted by atomic mass is 10.3. The van der Waals surface area contributed by atoms with Gasteiger partial charge in [0.25, 0.3) is 5.69 Å². The molecule has 1 aromatic carbocycles. The summed E-state index contributed by atoms with van der Waals surface area (Å²) in [7, 11) is 1.94. The highest BCUT2D eigenvalue weighted by Gasteiger charge is 2.05. The Bertz CT molecular complexity index is 552. The van der Waals surface area contributed by atoms with Gasteiger partial charge in [0.1, 0.15) is 19.4 Å². The SMILES string of the molecule is C[n+]1cccc(COc2ccc([N+](=O)[O-])cc2)c1. The maximum absolute atomic E-state index is 10.5. The fraction of sp³-hybridized carbons (Fsp3) is 0.154. The van der Waals surface area contributed by atoms with Gasteiger partial charge in [-0.3, -0.25) is 10.1 Å². The maximum atomic E-state index is 10.5. The molecule has 0 radical (unpaired) electrons. The second-order valence-corrected chi connectivity index (χ2v) is 3.92. The molecule has 0 saturated heterocycles. The van der Waals surface area contributed by atoms with Crippen LogP contribution in [0.3, 0.4) is 0 Å². The zero-order valence-corrected chi connectivity index (χ0v) is 9.95. The van der Waals surface area contributed by atoms with Gasteiger partial charge in [0.15, 0.2) is 12.4 Å². The van der Waals surface area contributed by atoms with Crippen LogP contribution in [0.15, 0.2) is 48.8 Å². The molecule has 0 saturated carbocycles. The molecular formula is C13H13N2O3+. The van der Waals surface area contributed by atoms with Crippen molar-refractivity contribution in [2.24, 2.45) is 7.05 Å². The second-order valence-electron chi connectivity index (χ2n) is 3.92. The molecule has 0 N–H and O–H groups in total. The molecule has 2 rings (SSSR count). The molecule has 0 unspecified atom stereocenters. The average molecular weight is 245 g/mol. The van der Waals surface area contributed by atoms with Crippen LogP contribution in [0.5, 0.6) is 5.75 Å². The van der Waals surface area contributed by atoms with E-state index >= 15 is 0 Å². The summed E-state index contributed by atoms with van der Waals surface area (Å²) in [5, 5.41) is 10.5. The van der Waals surface area contributed by atoms with Crippen LogP contribution in [0.4, 0.5) is 5.69 Å². The van der Waals surface area contributed by atoms with Gasteiger partial charge in [-0.05, 0) is 18.2 Å². The zero-order valence-electron chi connectivity index (χ0n) is 9.95. The van der Waals surface area contributed by atoms with Crippen molar-refractivity contribution in [3.63, 3.8) is 0 Å². The van der Waals surface area contributed by atoms with Crippen LogP contribution in [0.2, 0.25) is 0 Å². The number of nitrogens with zero attached hydrogens (tertiary/aromatic N) is 2. The molecule has 5 heteroatoms. The van der Waals surface area contributed by atoms with Crippen molar-refractivity contribution in [3.8, 4) is 5.75 Å². The Kier molecular flexibility index (Phi) is 3.52. The number of aromatic nitrogens is 1. The van der Waals surface area contributed by atoms with E-state index in [0.29, 0.717) is 12.4 Å². The number of non-ortho nitro benzene ring substituents is 1. The highest BCUT2D eigenvalue weighted by Crippen LogP contribution is 2.18. The van der Waals surface area contributed by atoms with Crippen molar-refractivity contribution in [2.45, 2.75) is 6.61 Å². The smallest absolute Gasteiger partial charge is 0.269 e. The number of benzene rings is 1. The number of nitro benzene ring substituents is 1. The first kappa shape index (κ1) is 12.0. The van der Waals surface area contributed by atoms with E-state index in [1.54, 1.807) is 12.1 Å². The Labute approximate surface area is 104 Å². The van der Waals surface area contributed by atoms with Gasteiger partial charge in [-0.1, -0.05) is 0 Å². The predicted octanol–water partition coefficient (Wildman–Crippen LogP) is 2.00. The molecule has 5 nitrogen and oxygen atoms in total. The van der Waals surface area contributed by atoms with Gasteiger partial charge in [0, 0.05) is 18.2 Å². The third-order valence-electron chi connectivity index (χ3n) is 2.45. The monoisotopic (exact) mass is 245 g/mol. The Hall–Kier alpha value is -2.43.